The smallest absolute Gasteiger partial charge is 0.0584 e. The van der Waals surface area contributed by atoms with Crippen molar-refractivity contribution in [2.45, 2.75) is 45.6 Å². The van der Waals surface area contributed by atoms with Crippen molar-refractivity contribution in [3.63, 3.8) is 0 Å². The van der Waals surface area contributed by atoms with E-state index in [0.29, 0.717) is 5.92 Å². The summed E-state index contributed by atoms with van der Waals surface area (Å²) in [7, 11) is 0. The molecule has 0 aromatic rings. The Kier molecular flexibility index (Phi) is 5.96. The van der Waals surface area contributed by atoms with Crippen molar-refractivity contribution in [1.29, 1.82) is 0 Å². The van der Waals surface area contributed by atoms with Gasteiger partial charge in [-0.2, -0.15) is 0 Å². The molecule has 2 nitrogen and oxygen atoms in total. The van der Waals surface area contributed by atoms with E-state index in [9.17, 15) is 5.11 Å². The van der Waals surface area contributed by atoms with Gasteiger partial charge in [0.25, 0.3) is 0 Å². The lowest BCUT2D eigenvalue weighted by atomic mass is 9.94. The highest BCUT2D eigenvalue weighted by molar-refractivity contribution is 4.90. The van der Waals surface area contributed by atoms with E-state index in [2.05, 4.69) is 31.3 Å². The molecule has 1 aliphatic carbocycles. The van der Waals surface area contributed by atoms with Crippen molar-refractivity contribution in [2.24, 2.45) is 11.8 Å². The molecule has 0 heterocycles. The average molecular weight is 211 g/mol. The van der Waals surface area contributed by atoms with Crippen LogP contribution in [0, 0.1) is 11.8 Å². The molecule has 15 heavy (non-hydrogen) atoms. The fourth-order valence-electron chi connectivity index (χ4n) is 2.17. The van der Waals surface area contributed by atoms with E-state index in [-0.39, 0.29) is 12.6 Å². The first-order valence-electron chi connectivity index (χ1n) is 6.21. The van der Waals surface area contributed by atoms with Gasteiger partial charge in [-0.1, -0.05) is 26.0 Å². The Labute approximate surface area is 93.8 Å². The van der Waals surface area contributed by atoms with Crippen LogP contribution in [0.2, 0.25) is 0 Å². The van der Waals surface area contributed by atoms with E-state index in [1.807, 2.05) is 0 Å². The topological polar surface area (TPSA) is 32.3 Å². The van der Waals surface area contributed by atoms with Gasteiger partial charge in [0.15, 0.2) is 0 Å². The van der Waals surface area contributed by atoms with E-state index >= 15 is 0 Å². The Hall–Kier alpha value is -0.340. The lowest BCUT2D eigenvalue weighted by Crippen LogP contribution is -2.37. The van der Waals surface area contributed by atoms with Crippen molar-refractivity contribution in [1.82, 2.24) is 5.32 Å². The largest absolute Gasteiger partial charge is 0.395 e. The van der Waals surface area contributed by atoms with E-state index in [4.69, 9.17) is 0 Å². The summed E-state index contributed by atoms with van der Waals surface area (Å²) in [6.07, 6.45) is 9.34. The third-order valence-electron chi connectivity index (χ3n) is 3.05. The summed E-state index contributed by atoms with van der Waals surface area (Å²) in [4.78, 5) is 0. The molecule has 0 aromatic heterocycles. The fraction of sp³-hybridized carbons (Fsp3) is 0.846. The highest BCUT2D eigenvalue weighted by atomic mass is 16.3. The standard InChI is InChI=1S/C13H25NO/c1-11(2)8-13(10-15)14-9-12-6-4-3-5-7-12/h3-4,11-15H,5-10H2,1-2H3/t12-,13-/m1/s1. The Morgan fingerprint density at radius 1 is 1.40 bits per heavy atom. The normalized spacial score (nSPS) is 23.3. The molecule has 0 unspecified atom stereocenters. The van der Waals surface area contributed by atoms with Gasteiger partial charge in [0, 0.05) is 6.04 Å². The summed E-state index contributed by atoms with van der Waals surface area (Å²) in [5, 5.41) is 12.7. The third-order valence-corrected chi connectivity index (χ3v) is 3.05. The highest BCUT2D eigenvalue weighted by Crippen LogP contribution is 2.17. The quantitative estimate of drug-likeness (QED) is 0.661. The SMILES string of the molecule is CC(C)C[C@H](CO)NC[C@@H]1CC=CCC1. The summed E-state index contributed by atoms with van der Waals surface area (Å²) in [5.41, 5.74) is 0. The number of allylic oxidation sites excluding steroid dienone is 2. The molecular weight excluding hydrogens is 186 g/mol. The Morgan fingerprint density at radius 3 is 2.73 bits per heavy atom. The van der Waals surface area contributed by atoms with Gasteiger partial charge >= 0.3 is 0 Å². The minimum Gasteiger partial charge on any atom is -0.395 e. The van der Waals surface area contributed by atoms with Crippen LogP contribution in [0.5, 0.6) is 0 Å². The summed E-state index contributed by atoms with van der Waals surface area (Å²) in [6, 6.07) is 0.288. The average Bonchev–Trinajstić information content (AvgIpc) is 2.25. The van der Waals surface area contributed by atoms with Gasteiger partial charge in [0.1, 0.15) is 0 Å². The maximum atomic E-state index is 9.23. The van der Waals surface area contributed by atoms with Crippen LogP contribution in [0.3, 0.4) is 0 Å². The van der Waals surface area contributed by atoms with Crippen LogP contribution in [0.25, 0.3) is 0 Å². The van der Waals surface area contributed by atoms with Gasteiger partial charge in [-0.3, -0.25) is 0 Å². The van der Waals surface area contributed by atoms with Gasteiger partial charge < -0.3 is 10.4 Å². The molecule has 1 aliphatic rings. The van der Waals surface area contributed by atoms with Gasteiger partial charge in [0.05, 0.1) is 6.61 Å². The van der Waals surface area contributed by atoms with Crippen LogP contribution in [0.1, 0.15) is 39.5 Å². The van der Waals surface area contributed by atoms with Crippen molar-refractivity contribution < 1.29 is 5.11 Å². The number of nitrogens with one attached hydrogen (secondary N) is 1. The minimum atomic E-state index is 0.265. The van der Waals surface area contributed by atoms with Gasteiger partial charge in [0.2, 0.25) is 0 Å². The molecule has 0 radical (unpaired) electrons. The number of aliphatic hydroxyl groups is 1. The molecule has 88 valence electrons. The molecule has 0 bridgehead atoms. The zero-order chi connectivity index (χ0) is 11.1. The Bertz CT molecular complexity index is 189. The Balaban J connectivity index is 2.18. The number of hydrogen-bond donors (Lipinski definition) is 2. The predicted molar refractivity (Wildman–Crippen MR) is 64.8 cm³/mol. The van der Waals surface area contributed by atoms with Crippen LogP contribution >= 0.6 is 0 Å². The van der Waals surface area contributed by atoms with Crippen LogP contribution in [-0.4, -0.2) is 24.3 Å². The molecule has 0 saturated carbocycles. The van der Waals surface area contributed by atoms with Crippen LogP contribution in [0.15, 0.2) is 12.2 Å². The van der Waals surface area contributed by atoms with E-state index in [1.54, 1.807) is 0 Å². The molecule has 0 amide bonds. The Morgan fingerprint density at radius 2 is 2.20 bits per heavy atom. The summed E-state index contributed by atoms with van der Waals surface area (Å²) in [6.45, 7) is 5.73. The molecule has 1 rings (SSSR count). The zero-order valence-electron chi connectivity index (χ0n) is 10.1. The van der Waals surface area contributed by atoms with Crippen molar-refractivity contribution >= 4 is 0 Å². The molecule has 0 saturated heterocycles. The second-order valence-corrected chi connectivity index (χ2v) is 5.07. The second kappa shape index (κ2) is 7.02. The van der Waals surface area contributed by atoms with E-state index in [0.717, 1.165) is 18.9 Å². The predicted octanol–water partition coefficient (Wildman–Crippen LogP) is 2.34. The van der Waals surface area contributed by atoms with E-state index in [1.165, 1.54) is 19.3 Å². The van der Waals surface area contributed by atoms with Gasteiger partial charge in [-0.15, -0.1) is 0 Å². The first kappa shape index (κ1) is 12.7. The van der Waals surface area contributed by atoms with Crippen LogP contribution in [0.4, 0.5) is 0 Å². The van der Waals surface area contributed by atoms with Gasteiger partial charge in [-0.05, 0) is 44.1 Å². The summed E-state index contributed by atoms with van der Waals surface area (Å²) >= 11 is 0. The summed E-state index contributed by atoms with van der Waals surface area (Å²) in [5.74, 6) is 1.43. The minimum absolute atomic E-state index is 0.265. The lowest BCUT2D eigenvalue weighted by Gasteiger charge is -2.23. The summed E-state index contributed by atoms with van der Waals surface area (Å²) < 4.78 is 0. The molecule has 2 N–H and O–H groups in total. The molecule has 2 heteroatoms. The number of rotatable bonds is 6. The second-order valence-electron chi connectivity index (χ2n) is 5.07. The van der Waals surface area contributed by atoms with Crippen LogP contribution in [-0.2, 0) is 0 Å². The monoisotopic (exact) mass is 211 g/mol. The van der Waals surface area contributed by atoms with Crippen LogP contribution < -0.4 is 5.32 Å². The molecular formula is C13H25NO. The molecule has 0 aliphatic heterocycles. The van der Waals surface area contributed by atoms with Crippen molar-refractivity contribution in [3.8, 4) is 0 Å². The first-order valence-corrected chi connectivity index (χ1v) is 6.21. The number of aliphatic hydroxyl groups excluding tert-OH is 1. The molecule has 2 atom stereocenters. The maximum Gasteiger partial charge on any atom is 0.0584 e. The zero-order valence-corrected chi connectivity index (χ0v) is 10.1. The fourth-order valence-corrected chi connectivity index (χ4v) is 2.17. The van der Waals surface area contributed by atoms with Crippen molar-refractivity contribution in [2.75, 3.05) is 13.2 Å². The maximum absolute atomic E-state index is 9.23. The first-order chi connectivity index (χ1) is 7.22. The lowest BCUT2D eigenvalue weighted by molar-refractivity contribution is 0.217. The highest BCUT2D eigenvalue weighted by Gasteiger charge is 2.13. The van der Waals surface area contributed by atoms with E-state index < -0.39 is 0 Å². The third kappa shape index (κ3) is 5.33. The molecule has 0 aromatic carbocycles. The molecule has 0 fully saturated rings. The number of hydrogen-bond acceptors (Lipinski definition) is 2. The van der Waals surface area contributed by atoms with Gasteiger partial charge in [-0.25, -0.2) is 0 Å². The van der Waals surface area contributed by atoms with Crippen molar-refractivity contribution in [3.05, 3.63) is 12.2 Å². The molecule has 0 spiro atoms.